The van der Waals surface area contributed by atoms with E-state index in [1.54, 1.807) is 0 Å². The Morgan fingerprint density at radius 3 is 2.36 bits per heavy atom. The molecule has 1 nitrogen and oxygen atoms in total. The predicted octanol–water partition coefficient (Wildman–Crippen LogP) is 2.83. The summed E-state index contributed by atoms with van der Waals surface area (Å²) in [5.74, 6) is 0. The number of anilines is 1. The van der Waals surface area contributed by atoms with Crippen LogP contribution in [0.5, 0.6) is 0 Å². The van der Waals surface area contributed by atoms with Crippen LogP contribution in [0, 0.1) is 0 Å². The van der Waals surface area contributed by atoms with Crippen molar-refractivity contribution in [3.05, 3.63) is 42.1 Å². The molecule has 0 atom stereocenters. The van der Waals surface area contributed by atoms with Crippen LogP contribution in [0.1, 0.15) is 0 Å². The third kappa shape index (κ3) is 1.99. The van der Waals surface area contributed by atoms with Crippen molar-refractivity contribution in [2.75, 3.05) is 11.9 Å². The van der Waals surface area contributed by atoms with Gasteiger partial charge in [-0.15, -0.1) is 0 Å². The smallest absolute Gasteiger partial charge is 0.101 e. The molecule has 0 fully saturated rings. The lowest BCUT2D eigenvalue weighted by Gasteiger charge is -2.16. The van der Waals surface area contributed by atoms with E-state index in [1.165, 1.54) is 0 Å². The van der Waals surface area contributed by atoms with Crippen LogP contribution >= 0.6 is 11.6 Å². The highest BCUT2D eigenvalue weighted by Gasteiger charge is 1.99. The van der Waals surface area contributed by atoms with Crippen LogP contribution in [0.3, 0.4) is 0 Å². The lowest BCUT2D eigenvalue weighted by atomic mass is 10.3. The summed E-state index contributed by atoms with van der Waals surface area (Å²) in [5.41, 5.74) is 1.05. The van der Waals surface area contributed by atoms with E-state index in [9.17, 15) is 0 Å². The average molecular weight is 168 g/mol. The predicted molar refractivity (Wildman–Crippen MR) is 49.8 cm³/mol. The van der Waals surface area contributed by atoms with E-state index in [2.05, 4.69) is 6.58 Å². The zero-order chi connectivity index (χ0) is 8.27. The van der Waals surface area contributed by atoms with E-state index >= 15 is 0 Å². The summed E-state index contributed by atoms with van der Waals surface area (Å²) in [5, 5.41) is 0.524. The van der Waals surface area contributed by atoms with Gasteiger partial charge in [0.05, 0.1) is 0 Å². The SMILES string of the molecule is C=C(Cl)N(C)c1ccccc1. The largest absolute Gasteiger partial charge is 0.336 e. The van der Waals surface area contributed by atoms with Crippen LogP contribution in [0.4, 0.5) is 5.69 Å². The standard InChI is InChI=1S/C9H10ClN/c1-8(10)11(2)9-6-4-3-5-7-9/h3-7H,1H2,2H3. The molecule has 0 saturated heterocycles. The van der Waals surface area contributed by atoms with Crippen LogP contribution in [0.2, 0.25) is 0 Å². The van der Waals surface area contributed by atoms with Gasteiger partial charge in [-0.05, 0) is 12.1 Å². The Bertz CT molecular complexity index is 243. The molecule has 0 amide bonds. The fraction of sp³-hybridized carbons (Fsp3) is 0.111. The molecular formula is C9H10ClN. The first-order chi connectivity index (χ1) is 5.22. The molecule has 2 heteroatoms. The molecule has 0 aromatic heterocycles. The molecule has 0 aliphatic carbocycles. The first-order valence-electron chi connectivity index (χ1n) is 3.35. The lowest BCUT2D eigenvalue weighted by Crippen LogP contribution is -2.10. The molecule has 1 aromatic carbocycles. The summed E-state index contributed by atoms with van der Waals surface area (Å²) < 4.78 is 0. The third-order valence-corrected chi connectivity index (χ3v) is 1.76. The maximum atomic E-state index is 5.69. The van der Waals surface area contributed by atoms with Crippen molar-refractivity contribution in [2.24, 2.45) is 0 Å². The highest BCUT2D eigenvalue weighted by Crippen LogP contribution is 2.16. The Morgan fingerprint density at radius 2 is 1.91 bits per heavy atom. The zero-order valence-electron chi connectivity index (χ0n) is 6.42. The van der Waals surface area contributed by atoms with E-state index in [4.69, 9.17) is 11.6 Å². The molecule has 0 N–H and O–H groups in total. The second kappa shape index (κ2) is 3.44. The van der Waals surface area contributed by atoms with Gasteiger partial charge in [0.2, 0.25) is 0 Å². The molecule has 0 spiro atoms. The van der Waals surface area contributed by atoms with Crippen LogP contribution in [-0.4, -0.2) is 7.05 Å². The van der Waals surface area contributed by atoms with E-state index in [-0.39, 0.29) is 0 Å². The molecule has 0 bridgehead atoms. The fourth-order valence-electron chi connectivity index (χ4n) is 0.792. The van der Waals surface area contributed by atoms with Crippen molar-refractivity contribution in [1.82, 2.24) is 0 Å². The van der Waals surface area contributed by atoms with Crippen molar-refractivity contribution >= 4 is 17.3 Å². The zero-order valence-corrected chi connectivity index (χ0v) is 7.17. The second-order valence-corrected chi connectivity index (χ2v) is 2.71. The summed E-state index contributed by atoms with van der Waals surface area (Å²) in [6.07, 6.45) is 0. The average Bonchev–Trinajstić information content (AvgIpc) is 2.05. The quantitative estimate of drug-likeness (QED) is 0.613. The van der Waals surface area contributed by atoms with Gasteiger partial charge >= 0.3 is 0 Å². The number of para-hydroxylation sites is 1. The number of nitrogens with zero attached hydrogens (tertiary/aromatic N) is 1. The van der Waals surface area contributed by atoms with Crippen LogP contribution in [0.15, 0.2) is 42.1 Å². The Hall–Kier alpha value is -0.950. The van der Waals surface area contributed by atoms with E-state index < -0.39 is 0 Å². The van der Waals surface area contributed by atoms with Crippen LogP contribution in [-0.2, 0) is 0 Å². The Morgan fingerprint density at radius 1 is 1.36 bits per heavy atom. The normalized spacial score (nSPS) is 9.27. The maximum Gasteiger partial charge on any atom is 0.101 e. The number of rotatable bonds is 2. The van der Waals surface area contributed by atoms with Gasteiger partial charge in [0.25, 0.3) is 0 Å². The molecule has 0 saturated carbocycles. The summed E-state index contributed by atoms with van der Waals surface area (Å²) in [4.78, 5) is 1.82. The van der Waals surface area contributed by atoms with Crippen molar-refractivity contribution in [1.29, 1.82) is 0 Å². The Balaban J connectivity index is 2.85. The van der Waals surface area contributed by atoms with Gasteiger partial charge in [-0.25, -0.2) is 0 Å². The van der Waals surface area contributed by atoms with E-state index in [0.29, 0.717) is 5.16 Å². The minimum absolute atomic E-state index is 0.524. The second-order valence-electron chi connectivity index (χ2n) is 2.27. The molecule has 1 rings (SSSR count). The fourth-order valence-corrected chi connectivity index (χ4v) is 0.889. The molecular weight excluding hydrogens is 158 g/mol. The van der Waals surface area contributed by atoms with Gasteiger partial charge in [0.15, 0.2) is 0 Å². The summed E-state index contributed by atoms with van der Waals surface area (Å²) in [6, 6.07) is 9.85. The summed E-state index contributed by atoms with van der Waals surface area (Å²) >= 11 is 5.69. The van der Waals surface area contributed by atoms with Crippen molar-refractivity contribution in [3.8, 4) is 0 Å². The van der Waals surface area contributed by atoms with Gasteiger partial charge < -0.3 is 4.90 Å². The van der Waals surface area contributed by atoms with Crippen molar-refractivity contribution in [2.45, 2.75) is 0 Å². The molecule has 11 heavy (non-hydrogen) atoms. The molecule has 0 heterocycles. The molecule has 0 aliphatic heterocycles. The highest BCUT2D eigenvalue weighted by atomic mass is 35.5. The summed E-state index contributed by atoms with van der Waals surface area (Å²) in [7, 11) is 1.88. The first-order valence-corrected chi connectivity index (χ1v) is 3.73. The molecule has 0 unspecified atom stereocenters. The highest BCUT2D eigenvalue weighted by molar-refractivity contribution is 6.30. The van der Waals surface area contributed by atoms with Gasteiger partial charge in [0.1, 0.15) is 5.16 Å². The van der Waals surface area contributed by atoms with Gasteiger partial charge in [-0.2, -0.15) is 0 Å². The van der Waals surface area contributed by atoms with Gasteiger partial charge in [0, 0.05) is 12.7 Å². The minimum atomic E-state index is 0.524. The monoisotopic (exact) mass is 167 g/mol. The number of hydrogen-bond donors (Lipinski definition) is 0. The molecule has 58 valence electrons. The lowest BCUT2D eigenvalue weighted by molar-refractivity contribution is 1.18. The van der Waals surface area contributed by atoms with Gasteiger partial charge in [-0.3, -0.25) is 0 Å². The topological polar surface area (TPSA) is 3.24 Å². The number of benzene rings is 1. The Labute approximate surface area is 71.9 Å². The summed E-state index contributed by atoms with van der Waals surface area (Å²) in [6.45, 7) is 3.62. The Kier molecular flexibility index (Phi) is 2.55. The van der Waals surface area contributed by atoms with Crippen molar-refractivity contribution in [3.63, 3.8) is 0 Å². The molecule has 0 aliphatic rings. The molecule has 0 radical (unpaired) electrons. The van der Waals surface area contributed by atoms with Gasteiger partial charge in [-0.1, -0.05) is 36.4 Å². The van der Waals surface area contributed by atoms with E-state index in [1.807, 2.05) is 42.3 Å². The molecule has 1 aromatic rings. The van der Waals surface area contributed by atoms with E-state index in [0.717, 1.165) is 5.69 Å². The van der Waals surface area contributed by atoms with Crippen molar-refractivity contribution < 1.29 is 0 Å². The number of halogens is 1. The first kappa shape index (κ1) is 8.15. The van der Waals surface area contributed by atoms with Crippen LogP contribution in [0.25, 0.3) is 0 Å². The minimum Gasteiger partial charge on any atom is -0.336 e. The third-order valence-electron chi connectivity index (χ3n) is 1.51. The number of hydrogen-bond acceptors (Lipinski definition) is 1. The van der Waals surface area contributed by atoms with Crippen LogP contribution < -0.4 is 4.90 Å². The maximum absolute atomic E-state index is 5.69.